The smallest absolute Gasteiger partial charge is 0.340 e. The van der Waals surface area contributed by atoms with E-state index in [0.717, 1.165) is 22.3 Å². The Labute approximate surface area is 232 Å². The summed E-state index contributed by atoms with van der Waals surface area (Å²) in [4.78, 5) is 26.1. The number of carboxylic acid groups (broad SMARTS) is 1. The third-order valence-electron chi connectivity index (χ3n) is 7.19. The summed E-state index contributed by atoms with van der Waals surface area (Å²) in [7, 11) is 0. The van der Waals surface area contributed by atoms with Crippen molar-refractivity contribution in [3.8, 4) is 11.5 Å². The number of aryl methyl sites for hydroxylation is 2. The molecule has 3 aromatic rings. The van der Waals surface area contributed by atoms with E-state index < -0.39 is 17.5 Å². The van der Waals surface area contributed by atoms with Crippen molar-refractivity contribution in [2.24, 2.45) is 0 Å². The van der Waals surface area contributed by atoms with Crippen molar-refractivity contribution in [3.05, 3.63) is 89.3 Å². The fraction of sp³-hybridized carbons (Fsp3) is 0.310. The standard InChI is InChI=1S/C29H28Br2O6/c1-5-14-12-20(30)25(32)23(16(14)7-3)29(24-17(8-4)15(6-2)13-21(31)26(24)33)22-18(27(34)35)10-9-11-19(22)28(36)37-29/h9-13,32-33H,5-8H2,1-4H3,(H,34,35). The van der Waals surface area contributed by atoms with Crippen LogP contribution in [0, 0.1) is 0 Å². The molecule has 3 N–H and O–H groups in total. The van der Waals surface area contributed by atoms with Gasteiger partial charge in [-0.05, 0) is 104 Å². The Hall–Kier alpha value is -2.84. The van der Waals surface area contributed by atoms with Crippen molar-refractivity contribution in [1.82, 2.24) is 0 Å². The van der Waals surface area contributed by atoms with Gasteiger partial charge in [-0.25, -0.2) is 9.59 Å². The monoisotopic (exact) mass is 630 g/mol. The van der Waals surface area contributed by atoms with Gasteiger partial charge >= 0.3 is 11.9 Å². The van der Waals surface area contributed by atoms with E-state index in [4.69, 9.17) is 4.74 Å². The second-order valence-electron chi connectivity index (χ2n) is 8.96. The number of carbonyl (C=O) groups is 2. The first kappa shape index (κ1) is 27.2. The van der Waals surface area contributed by atoms with E-state index >= 15 is 0 Å². The minimum Gasteiger partial charge on any atom is -0.506 e. The van der Waals surface area contributed by atoms with Crippen molar-refractivity contribution in [2.45, 2.75) is 59.0 Å². The first-order chi connectivity index (χ1) is 17.6. The molecule has 6 nitrogen and oxygen atoms in total. The molecule has 0 unspecified atom stereocenters. The van der Waals surface area contributed by atoms with Crippen LogP contribution in [0.5, 0.6) is 11.5 Å². The van der Waals surface area contributed by atoms with E-state index in [1.807, 2.05) is 39.8 Å². The van der Waals surface area contributed by atoms with Gasteiger partial charge in [-0.3, -0.25) is 0 Å². The Balaban J connectivity index is 2.39. The number of benzene rings is 3. The molecular formula is C29H28Br2O6. The number of hydrogen-bond acceptors (Lipinski definition) is 5. The Morgan fingerprint density at radius 1 is 0.838 bits per heavy atom. The highest BCUT2D eigenvalue weighted by molar-refractivity contribution is 9.10. The van der Waals surface area contributed by atoms with Gasteiger partial charge in [-0.15, -0.1) is 0 Å². The normalized spacial score (nSPS) is 13.9. The number of aromatic hydroxyl groups is 2. The van der Waals surface area contributed by atoms with Crippen LogP contribution in [0.4, 0.5) is 0 Å². The van der Waals surface area contributed by atoms with Crippen molar-refractivity contribution >= 4 is 43.8 Å². The number of phenols is 2. The number of carboxylic acids is 1. The number of cyclic esters (lactones) is 1. The second kappa shape index (κ2) is 10.1. The summed E-state index contributed by atoms with van der Waals surface area (Å²) in [5, 5.41) is 33.5. The first-order valence-corrected chi connectivity index (χ1v) is 13.8. The highest BCUT2D eigenvalue weighted by Gasteiger charge is 2.56. The molecule has 4 rings (SSSR count). The molecule has 0 radical (unpaired) electrons. The minimum absolute atomic E-state index is 0.0823. The average Bonchev–Trinajstić information content (AvgIpc) is 3.18. The zero-order valence-corrected chi connectivity index (χ0v) is 24.2. The maximum Gasteiger partial charge on any atom is 0.340 e. The molecule has 1 heterocycles. The maximum absolute atomic E-state index is 13.5. The van der Waals surface area contributed by atoms with E-state index in [1.54, 1.807) is 0 Å². The van der Waals surface area contributed by atoms with Gasteiger partial charge in [0.2, 0.25) is 0 Å². The first-order valence-electron chi connectivity index (χ1n) is 12.3. The fourth-order valence-electron chi connectivity index (χ4n) is 5.66. The number of esters is 1. The summed E-state index contributed by atoms with van der Waals surface area (Å²) in [6, 6.07) is 8.09. The van der Waals surface area contributed by atoms with Crippen molar-refractivity contribution in [2.75, 3.05) is 0 Å². The molecule has 0 spiro atoms. The molecule has 8 heteroatoms. The molecule has 3 aromatic carbocycles. The summed E-state index contributed by atoms with van der Waals surface area (Å²) in [5.41, 5.74) is 1.91. The number of phenolic OH excluding ortho intramolecular Hbond substituents is 2. The number of ether oxygens (including phenoxy) is 1. The molecule has 0 aromatic heterocycles. The molecule has 1 aliphatic heterocycles. The van der Waals surface area contributed by atoms with Crippen molar-refractivity contribution < 1.29 is 29.6 Å². The largest absolute Gasteiger partial charge is 0.506 e. The predicted octanol–water partition coefficient (Wildman–Crippen LogP) is 7.03. The number of fused-ring (bicyclic) bond motifs is 1. The van der Waals surface area contributed by atoms with Crippen LogP contribution in [0.15, 0.2) is 39.3 Å². The van der Waals surface area contributed by atoms with Crippen molar-refractivity contribution in [1.29, 1.82) is 0 Å². The summed E-state index contributed by atoms with van der Waals surface area (Å²) in [6.07, 6.45) is 2.19. The summed E-state index contributed by atoms with van der Waals surface area (Å²) < 4.78 is 7.05. The van der Waals surface area contributed by atoms with Crippen molar-refractivity contribution in [3.63, 3.8) is 0 Å². The van der Waals surface area contributed by atoms with Crippen LogP contribution in [0.2, 0.25) is 0 Å². The Bertz CT molecular complexity index is 1380. The van der Waals surface area contributed by atoms with Crippen LogP contribution in [0.1, 0.15) is 87.4 Å². The van der Waals surface area contributed by atoms with Crippen LogP contribution in [-0.4, -0.2) is 27.3 Å². The maximum atomic E-state index is 13.5. The quantitative estimate of drug-likeness (QED) is 0.242. The van der Waals surface area contributed by atoms with Crippen LogP contribution in [0.25, 0.3) is 0 Å². The van der Waals surface area contributed by atoms with Gasteiger partial charge < -0.3 is 20.1 Å². The lowest BCUT2D eigenvalue weighted by Gasteiger charge is -2.37. The third kappa shape index (κ3) is 3.96. The molecule has 0 saturated carbocycles. The SMILES string of the molecule is CCc1cc(Br)c(O)c(C2(c3c(O)c(Br)cc(CC)c3CC)OC(=O)c3cccc(C(=O)O)c32)c1CC. The molecule has 0 fully saturated rings. The van der Waals surface area contributed by atoms with Gasteiger partial charge in [0.1, 0.15) is 11.5 Å². The number of rotatable bonds is 7. The highest BCUT2D eigenvalue weighted by atomic mass is 79.9. The van der Waals surface area contributed by atoms with E-state index in [0.29, 0.717) is 34.6 Å². The van der Waals surface area contributed by atoms with E-state index in [-0.39, 0.29) is 39.3 Å². The molecule has 37 heavy (non-hydrogen) atoms. The van der Waals surface area contributed by atoms with Gasteiger partial charge in [0.15, 0.2) is 5.60 Å². The van der Waals surface area contributed by atoms with Crippen LogP contribution in [-0.2, 0) is 36.0 Å². The molecule has 0 atom stereocenters. The zero-order chi connectivity index (χ0) is 27.2. The van der Waals surface area contributed by atoms with E-state index in [2.05, 4.69) is 31.9 Å². The van der Waals surface area contributed by atoms with Gasteiger partial charge in [0.25, 0.3) is 0 Å². The summed E-state index contributed by atoms with van der Waals surface area (Å²) in [5.74, 6) is -2.31. The fourth-order valence-corrected chi connectivity index (χ4v) is 6.61. The predicted molar refractivity (Wildman–Crippen MR) is 148 cm³/mol. The second-order valence-corrected chi connectivity index (χ2v) is 10.7. The highest BCUT2D eigenvalue weighted by Crippen LogP contribution is 2.58. The average molecular weight is 632 g/mol. The topological polar surface area (TPSA) is 104 Å². The molecule has 0 saturated heterocycles. The Morgan fingerprint density at radius 2 is 1.32 bits per heavy atom. The lowest BCUT2D eigenvalue weighted by Crippen LogP contribution is -2.35. The number of aromatic carboxylic acids is 1. The number of hydrogen-bond donors (Lipinski definition) is 3. The molecule has 1 aliphatic rings. The van der Waals surface area contributed by atoms with Crippen LogP contribution < -0.4 is 0 Å². The van der Waals surface area contributed by atoms with Gasteiger partial charge in [-0.1, -0.05) is 33.8 Å². The van der Waals surface area contributed by atoms with E-state index in [9.17, 15) is 24.9 Å². The Morgan fingerprint density at radius 3 is 1.73 bits per heavy atom. The zero-order valence-electron chi connectivity index (χ0n) is 21.0. The lowest BCUT2D eigenvalue weighted by molar-refractivity contribution is 0.0228. The van der Waals surface area contributed by atoms with Gasteiger partial charge in [0.05, 0.1) is 31.2 Å². The van der Waals surface area contributed by atoms with E-state index in [1.165, 1.54) is 18.2 Å². The Kier molecular flexibility index (Phi) is 7.45. The molecule has 0 aliphatic carbocycles. The van der Waals surface area contributed by atoms with Crippen LogP contribution >= 0.6 is 31.9 Å². The molecule has 0 bridgehead atoms. The molecule has 194 valence electrons. The summed E-state index contributed by atoms with van der Waals surface area (Å²) >= 11 is 6.93. The van der Waals surface area contributed by atoms with Gasteiger partial charge in [-0.2, -0.15) is 0 Å². The summed E-state index contributed by atoms with van der Waals surface area (Å²) in [6.45, 7) is 7.82. The molecule has 0 amide bonds. The van der Waals surface area contributed by atoms with Crippen LogP contribution in [0.3, 0.4) is 0 Å². The minimum atomic E-state index is -1.91. The number of carbonyl (C=O) groups excluding carboxylic acids is 1. The third-order valence-corrected chi connectivity index (χ3v) is 8.40. The van der Waals surface area contributed by atoms with Gasteiger partial charge in [0, 0.05) is 5.56 Å². The number of halogens is 2. The molecular weight excluding hydrogens is 604 g/mol. The lowest BCUT2D eigenvalue weighted by atomic mass is 9.71.